The predicted molar refractivity (Wildman–Crippen MR) is 70.6 cm³/mol. The molecule has 0 aliphatic rings. The number of nitrogens with zero attached hydrogens (tertiary/aromatic N) is 1. The fourth-order valence-electron chi connectivity index (χ4n) is 1.17. The van der Waals surface area contributed by atoms with Crippen LogP contribution in [0.15, 0.2) is 5.38 Å². The quantitative estimate of drug-likeness (QED) is 0.747. The molecule has 0 aliphatic heterocycles. The number of hydrogen-bond donors (Lipinski definition) is 2. The molecule has 1 aromatic heterocycles. The van der Waals surface area contributed by atoms with Crippen LogP contribution in [0, 0.1) is 0 Å². The van der Waals surface area contributed by atoms with Gasteiger partial charge >= 0.3 is 0 Å². The van der Waals surface area contributed by atoms with Crippen LogP contribution in [0.25, 0.3) is 0 Å². The SMILES string of the molecule is CC(N)c1nc(C(=O)NCCCS(C)=O)cs1. The maximum atomic E-state index is 11.6. The van der Waals surface area contributed by atoms with E-state index in [9.17, 15) is 9.00 Å². The second-order valence-electron chi connectivity index (χ2n) is 3.75. The summed E-state index contributed by atoms with van der Waals surface area (Å²) in [5.41, 5.74) is 6.07. The summed E-state index contributed by atoms with van der Waals surface area (Å²) in [5.74, 6) is 0.401. The topological polar surface area (TPSA) is 85.1 Å². The van der Waals surface area contributed by atoms with Gasteiger partial charge in [0, 0.05) is 34.7 Å². The molecule has 0 bridgehead atoms. The molecule has 0 radical (unpaired) electrons. The lowest BCUT2D eigenvalue weighted by Crippen LogP contribution is -2.25. The van der Waals surface area contributed by atoms with Crippen LogP contribution < -0.4 is 11.1 Å². The summed E-state index contributed by atoms with van der Waals surface area (Å²) in [6.45, 7) is 2.35. The Hall–Kier alpha value is -0.790. The number of aromatic nitrogens is 1. The number of thiazole rings is 1. The van der Waals surface area contributed by atoms with Gasteiger partial charge in [0.1, 0.15) is 10.7 Å². The Bertz CT molecular complexity index is 404. The van der Waals surface area contributed by atoms with E-state index in [1.54, 1.807) is 11.6 Å². The number of nitrogens with two attached hydrogens (primary N) is 1. The molecule has 1 aromatic rings. The summed E-state index contributed by atoms with van der Waals surface area (Å²) in [6, 6.07) is -0.149. The second kappa shape index (κ2) is 6.83. The zero-order valence-corrected chi connectivity index (χ0v) is 11.6. The van der Waals surface area contributed by atoms with E-state index in [1.807, 2.05) is 6.92 Å². The molecule has 1 heterocycles. The number of carbonyl (C=O) groups excluding carboxylic acids is 1. The zero-order valence-electron chi connectivity index (χ0n) is 9.93. The van der Waals surface area contributed by atoms with E-state index in [4.69, 9.17) is 5.73 Å². The fraction of sp³-hybridized carbons (Fsp3) is 0.600. The van der Waals surface area contributed by atoms with Gasteiger partial charge in [0.05, 0.1) is 6.04 Å². The molecule has 96 valence electrons. The third-order valence-electron chi connectivity index (χ3n) is 2.04. The molecule has 17 heavy (non-hydrogen) atoms. The van der Waals surface area contributed by atoms with Crippen molar-refractivity contribution in [2.75, 3.05) is 18.6 Å². The molecule has 3 N–H and O–H groups in total. The molecule has 0 saturated carbocycles. The molecule has 0 saturated heterocycles. The van der Waals surface area contributed by atoms with Crippen molar-refractivity contribution < 1.29 is 9.00 Å². The molecule has 0 aliphatic carbocycles. The molecule has 5 nitrogen and oxygen atoms in total. The molecular weight excluding hydrogens is 258 g/mol. The van der Waals surface area contributed by atoms with Crippen LogP contribution in [0.3, 0.4) is 0 Å². The van der Waals surface area contributed by atoms with Crippen LogP contribution >= 0.6 is 11.3 Å². The molecule has 0 aromatic carbocycles. The van der Waals surface area contributed by atoms with E-state index in [-0.39, 0.29) is 11.9 Å². The van der Waals surface area contributed by atoms with Crippen molar-refractivity contribution >= 4 is 28.0 Å². The molecule has 2 atom stereocenters. The molecule has 2 unspecified atom stereocenters. The van der Waals surface area contributed by atoms with Crippen LogP contribution in [0.4, 0.5) is 0 Å². The van der Waals surface area contributed by atoms with E-state index >= 15 is 0 Å². The van der Waals surface area contributed by atoms with Crippen LogP contribution in [-0.2, 0) is 10.8 Å². The molecule has 7 heteroatoms. The van der Waals surface area contributed by atoms with Gasteiger partial charge in [-0.05, 0) is 13.3 Å². The minimum Gasteiger partial charge on any atom is -0.351 e. The van der Waals surface area contributed by atoms with Crippen molar-refractivity contribution in [3.63, 3.8) is 0 Å². The third kappa shape index (κ3) is 4.93. The van der Waals surface area contributed by atoms with Crippen molar-refractivity contribution in [2.45, 2.75) is 19.4 Å². The Labute approximate surface area is 107 Å². The first-order valence-corrected chi connectivity index (χ1v) is 7.90. The first-order chi connectivity index (χ1) is 8.00. The standard InChI is InChI=1S/C10H17N3O2S2/c1-7(11)10-13-8(6-16-10)9(14)12-4-3-5-17(2)15/h6-7H,3-5,11H2,1-2H3,(H,12,14). The first kappa shape index (κ1) is 14.3. The summed E-state index contributed by atoms with van der Waals surface area (Å²) in [4.78, 5) is 15.8. The number of rotatable bonds is 6. The maximum Gasteiger partial charge on any atom is 0.270 e. The van der Waals surface area contributed by atoms with Gasteiger partial charge in [-0.1, -0.05) is 0 Å². The highest BCUT2D eigenvalue weighted by Gasteiger charge is 2.11. The summed E-state index contributed by atoms with van der Waals surface area (Å²) in [6.07, 6.45) is 2.36. The number of carbonyl (C=O) groups is 1. The molecule has 1 rings (SSSR count). The van der Waals surface area contributed by atoms with Gasteiger partial charge in [0.25, 0.3) is 5.91 Å². The van der Waals surface area contributed by atoms with Crippen molar-refractivity contribution in [1.82, 2.24) is 10.3 Å². The number of amides is 1. The van der Waals surface area contributed by atoms with E-state index < -0.39 is 10.8 Å². The Morgan fingerprint density at radius 2 is 2.41 bits per heavy atom. The Morgan fingerprint density at radius 1 is 1.71 bits per heavy atom. The Morgan fingerprint density at radius 3 is 2.94 bits per heavy atom. The van der Waals surface area contributed by atoms with Gasteiger partial charge < -0.3 is 11.1 Å². The third-order valence-corrected chi connectivity index (χ3v) is 3.95. The molecular formula is C10H17N3O2S2. The average molecular weight is 275 g/mol. The monoisotopic (exact) mass is 275 g/mol. The largest absolute Gasteiger partial charge is 0.351 e. The zero-order chi connectivity index (χ0) is 12.8. The summed E-state index contributed by atoms with van der Waals surface area (Å²) < 4.78 is 10.8. The minimum absolute atomic E-state index is 0.149. The predicted octanol–water partition coefficient (Wildman–Crippen LogP) is 0.661. The van der Waals surface area contributed by atoms with Crippen LogP contribution in [0.2, 0.25) is 0 Å². The smallest absolute Gasteiger partial charge is 0.270 e. The highest BCUT2D eigenvalue weighted by molar-refractivity contribution is 7.84. The van der Waals surface area contributed by atoms with Crippen molar-refractivity contribution in [3.05, 3.63) is 16.1 Å². The Balaban J connectivity index is 2.39. The number of hydrogen-bond acceptors (Lipinski definition) is 5. The lowest BCUT2D eigenvalue weighted by molar-refractivity contribution is 0.0949. The van der Waals surface area contributed by atoms with Gasteiger partial charge in [0.2, 0.25) is 0 Å². The summed E-state index contributed by atoms with van der Waals surface area (Å²) in [5, 5.41) is 5.19. The average Bonchev–Trinajstić information content (AvgIpc) is 2.73. The normalized spacial score (nSPS) is 14.3. The van der Waals surface area contributed by atoms with E-state index in [0.29, 0.717) is 24.4 Å². The highest BCUT2D eigenvalue weighted by Crippen LogP contribution is 2.15. The van der Waals surface area contributed by atoms with Crippen molar-refractivity contribution in [3.8, 4) is 0 Å². The van der Waals surface area contributed by atoms with Gasteiger partial charge in [-0.15, -0.1) is 11.3 Å². The first-order valence-electron chi connectivity index (χ1n) is 5.30. The van der Waals surface area contributed by atoms with E-state index in [2.05, 4.69) is 10.3 Å². The van der Waals surface area contributed by atoms with E-state index in [1.165, 1.54) is 11.3 Å². The van der Waals surface area contributed by atoms with E-state index in [0.717, 1.165) is 5.01 Å². The lowest BCUT2D eigenvalue weighted by atomic mass is 10.4. The minimum atomic E-state index is -0.808. The van der Waals surface area contributed by atoms with Crippen LogP contribution in [0.1, 0.15) is 34.9 Å². The Kier molecular flexibility index (Phi) is 5.73. The van der Waals surface area contributed by atoms with Gasteiger partial charge in [-0.2, -0.15) is 0 Å². The van der Waals surface area contributed by atoms with Crippen LogP contribution in [0.5, 0.6) is 0 Å². The van der Waals surface area contributed by atoms with Gasteiger partial charge in [-0.3, -0.25) is 9.00 Å². The highest BCUT2D eigenvalue weighted by atomic mass is 32.2. The van der Waals surface area contributed by atoms with Crippen molar-refractivity contribution in [2.24, 2.45) is 5.73 Å². The molecule has 0 spiro atoms. The maximum absolute atomic E-state index is 11.6. The van der Waals surface area contributed by atoms with Gasteiger partial charge in [-0.25, -0.2) is 4.98 Å². The van der Waals surface area contributed by atoms with Crippen molar-refractivity contribution in [1.29, 1.82) is 0 Å². The molecule has 1 amide bonds. The number of nitrogens with one attached hydrogen (secondary N) is 1. The molecule has 0 fully saturated rings. The summed E-state index contributed by atoms with van der Waals surface area (Å²) in [7, 11) is -0.808. The summed E-state index contributed by atoms with van der Waals surface area (Å²) >= 11 is 1.38. The lowest BCUT2D eigenvalue weighted by Gasteiger charge is -2.02. The van der Waals surface area contributed by atoms with Crippen LogP contribution in [-0.4, -0.2) is 33.7 Å². The second-order valence-corrected chi connectivity index (χ2v) is 6.19. The fourth-order valence-corrected chi connectivity index (χ4v) is 2.48. The van der Waals surface area contributed by atoms with Gasteiger partial charge in [0.15, 0.2) is 0 Å².